The van der Waals surface area contributed by atoms with Gasteiger partial charge in [0.2, 0.25) is 11.8 Å². The van der Waals surface area contributed by atoms with Gasteiger partial charge in [0.25, 0.3) is 0 Å². The van der Waals surface area contributed by atoms with Crippen LogP contribution in [-0.2, 0) is 4.79 Å². The van der Waals surface area contributed by atoms with Gasteiger partial charge < -0.3 is 15.0 Å². The summed E-state index contributed by atoms with van der Waals surface area (Å²) >= 11 is 12.5. The molecule has 3 heterocycles. The number of nitrogens with one attached hydrogen (secondary N) is 1. The summed E-state index contributed by atoms with van der Waals surface area (Å²) < 4.78 is 5.81. The molecule has 2 aliphatic heterocycles. The van der Waals surface area contributed by atoms with Gasteiger partial charge in [-0.25, -0.2) is 0 Å². The Bertz CT molecular complexity index is 932. The lowest BCUT2D eigenvalue weighted by Gasteiger charge is -2.36. The van der Waals surface area contributed by atoms with E-state index in [-0.39, 0.29) is 11.8 Å². The molecule has 2 aliphatic rings. The standard InChI is InChI=1S/C23H28Cl2N4O2/c1-16-15-20(30)26-23-17(16)7-8-21(27-23)31-14-3-2-9-28-10-12-29(13-11-28)19-6-4-5-18(24)22(19)25/h4-8,16H,2-3,9-15H2,1H3,(H,26,27,30). The van der Waals surface area contributed by atoms with Crippen molar-refractivity contribution in [2.45, 2.75) is 32.1 Å². The van der Waals surface area contributed by atoms with Crippen LogP contribution in [0.25, 0.3) is 0 Å². The third-order valence-corrected chi connectivity index (χ3v) is 6.75. The van der Waals surface area contributed by atoms with Crippen molar-refractivity contribution in [2.75, 3.05) is 49.5 Å². The van der Waals surface area contributed by atoms with Gasteiger partial charge in [-0.05, 0) is 49.1 Å². The van der Waals surface area contributed by atoms with Crippen LogP contribution in [0.3, 0.4) is 0 Å². The maximum atomic E-state index is 11.7. The first-order valence-electron chi connectivity index (χ1n) is 10.9. The van der Waals surface area contributed by atoms with Gasteiger partial charge in [0.05, 0.1) is 22.3 Å². The molecule has 1 amide bonds. The van der Waals surface area contributed by atoms with Gasteiger partial charge in [-0.1, -0.05) is 36.2 Å². The molecule has 4 rings (SSSR count). The van der Waals surface area contributed by atoms with Gasteiger partial charge in [0.1, 0.15) is 5.82 Å². The largest absolute Gasteiger partial charge is 0.478 e. The molecule has 1 unspecified atom stereocenters. The zero-order chi connectivity index (χ0) is 21.8. The zero-order valence-corrected chi connectivity index (χ0v) is 19.3. The lowest BCUT2D eigenvalue weighted by Crippen LogP contribution is -2.46. The van der Waals surface area contributed by atoms with Crippen molar-refractivity contribution in [3.8, 4) is 5.88 Å². The van der Waals surface area contributed by atoms with Crippen LogP contribution < -0.4 is 15.0 Å². The monoisotopic (exact) mass is 462 g/mol. The number of halogens is 2. The predicted octanol–water partition coefficient (Wildman–Crippen LogP) is 4.82. The lowest BCUT2D eigenvalue weighted by molar-refractivity contribution is -0.116. The summed E-state index contributed by atoms with van der Waals surface area (Å²) in [6.45, 7) is 7.61. The highest BCUT2D eigenvalue weighted by Crippen LogP contribution is 2.33. The van der Waals surface area contributed by atoms with Crippen molar-refractivity contribution in [2.24, 2.45) is 0 Å². The Morgan fingerprint density at radius 3 is 2.74 bits per heavy atom. The van der Waals surface area contributed by atoms with Crippen molar-refractivity contribution >= 4 is 40.6 Å². The summed E-state index contributed by atoms with van der Waals surface area (Å²) in [7, 11) is 0. The number of nitrogens with zero attached hydrogens (tertiary/aromatic N) is 3. The van der Waals surface area contributed by atoms with E-state index < -0.39 is 0 Å². The van der Waals surface area contributed by atoms with E-state index in [1.807, 2.05) is 37.3 Å². The third kappa shape index (κ3) is 5.43. The summed E-state index contributed by atoms with van der Waals surface area (Å²) in [5.74, 6) is 1.42. The Morgan fingerprint density at radius 2 is 1.94 bits per heavy atom. The Morgan fingerprint density at radius 1 is 1.13 bits per heavy atom. The molecule has 8 heteroatoms. The van der Waals surface area contributed by atoms with Crippen LogP contribution >= 0.6 is 23.2 Å². The van der Waals surface area contributed by atoms with Gasteiger partial charge in [0, 0.05) is 38.7 Å². The fraction of sp³-hybridized carbons (Fsp3) is 0.478. The first-order chi connectivity index (χ1) is 15.0. The number of unbranched alkanes of at least 4 members (excludes halogenated alkanes) is 1. The molecule has 1 fully saturated rings. The van der Waals surface area contributed by atoms with Crippen LogP contribution in [0, 0.1) is 0 Å². The maximum Gasteiger partial charge on any atom is 0.226 e. The van der Waals surface area contributed by atoms with E-state index >= 15 is 0 Å². The van der Waals surface area contributed by atoms with E-state index in [2.05, 4.69) is 20.1 Å². The fourth-order valence-corrected chi connectivity index (χ4v) is 4.58. The van der Waals surface area contributed by atoms with Gasteiger partial charge in [-0.3, -0.25) is 9.69 Å². The molecule has 2 aromatic rings. The second-order valence-corrected chi connectivity index (χ2v) is 8.98. The molecule has 6 nitrogen and oxygen atoms in total. The molecule has 31 heavy (non-hydrogen) atoms. The smallest absolute Gasteiger partial charge is 0.226 e. The van der Waals surface area contributed by atoms with Crippen molar-refractivity contribution in [3.05, 3.63) is 45.9 Å². The number of fused-ring (bicyclic) bond motifs is 1. The highest BCUT2D eigenvalue weighted by molar-refractivity contribution is 6.43. The molecule has 0 aliphatic carbocycles. The average Bonchev–Trinajstić information content (AvgIpc) is 2.75. The van der Waals surface area contributed by atoms with Crippen LogP contribution in [-0.4, -0.2) is 55.1 Å². The summed E-state index contributed by atoms with van der Waals surface area (Å²) in [6, 6.07) is 9.70. The van der Waals surface area contributed by atoms with Gasteiger partial charge in [-0.15, -0.1) is 0 Å². The molecule has 0 bridgehead atoms. The summed E-state index contributed by atoms with van der Waals surface area (Å²) in [4.78, 5) is 21.0. The maximum absolute atomic E-state index is 11.7. The number of benzene rings is 1. The minimum absolute atomic E-state index is 0.0161. The molecule has 1 atom stereocenters. The second kappa shape index (κ2) is 10.1. The van der Waals surface area contributed by atoms with Crippen LogP contribution in [0.2, 0.25) is 10.0 Å². The van der Waals surface area contributed by atoms with E-state index in [0.29, 0.717) is 34.8 Å². The lowest BCUT2D eigenvalue weighted by atomic mass is 9.95. The number of ether oxygens (including phenoxy) is 1. The molecular formula is C23H28Cl2N4O2. The SMILES string of the molecule is CC1CC(=O)Nc2nc(OCCCCN3CCN(c4cccc(Cl)c4Cl)CC3)ccc21. The van der Waals surface area contributed by atoms with E-state index in [9.17, 15) is 4.79 Å². The van der Waals surface area contributed by atoms with E-state index in [0.717, 1.165) is 56.8 Å². The molecule has 0 spiro atoms. The van der Waals surface area contributed by atoms with Crippen molar-refractivity contribution in [3.63, 3.8) is 0 Å². The van der Waals surface area contributed by atoms with Crippen LogP contribution in [0.5, 0.6) is 5.88 Å². The average molecular weight is 463 g/mol. The number of rotatable bonds is 7. The molecule has 0 saturated carbocycles. The number of anilines is 2. The number of pyridine rings is 1. The number of carbonyl (C=O) groups is 1. The minimum atomic E-state index is 0.0161. The normalized spacial score (nSPS) is 19.1. The Kier molecular flexibility index (Phi) is 7.20. The second-order valence-electron chi connectivity index (χ2n) is 8.20. The molecule has 1 saturated heterocycles. The quantitative estimate of drug-likeness (QED) is 0.597. The van der Waals surface area contributed by atoms with Gasteiger partial charge >= 0.3 is 0 Å². The summed E-state index contributed by atoms with van der Waals surface area (Å²) in [5.41, 5.74) is 2.09. The predicted molar refractivity (Wildman–Crippen MR) is 126 cm³/mol. The topological polar surface area (TPSA) is 57.7 Å². The number of aromatic nitrogens is 1. The highest BCUT2D eigenvalue weighted by atomic mass is 35.5. The number of hydrogen-bond donors (Lipinski definition) is 1. The van der Waals surface area contributed by atoms with Crippen LogP contribution in [0.4, 0.5) is 11.5 Å². The first-order valence-corrected chi connectivity index (χ1v) is 11.6. The molecule has 166 valence electrons. The summed E-state index contributed by atoms with van der Waals surface area (Å²) in [6.07, 6.45) is 2.54. The van der Waals surface area contributed by atoms with Crippen molar-refractivity contribution in [1.29, 1.82) is 0 Å². The Hall–Kier alpha value is -2.02. The van der Waals surface area contributed by atoms with Crippen molar-refractivity contribution in [1.82, 2.24) is 9.88 Å². The van der Waals surface area contributed by atoms with Crippen molar-refractivity contribution < 1.29 is 9.53 Å². The molecule has 0 radical (unpaired) electrons. The molecule has 1 aromatic carbocycles. The Balaban J connectivity index is 1.17. The Labute approximate surface area is 193 Å². The van der Waals surface area contributed by atoms with E-state index in [1.54, 1.807) is 0 Å². The molecule has 1 N–H and O–H groups in total. The van der Waals surface area contributed by atoms with Gasteiger partial charge in [0.15, 0.2) is 0 Å². The number of piperazine rings is 1. The number of hydrogen-bond acceptors (Lipinski definition) is 5. The highest BCUT2D eigenvalue weighted by Gasteiger charge is 2.23. The van der Waals surface area contributed by atoms with Crippen LogP contribution in [0.1, 0.15) is 37.7 Å². The van der Waals surface area contributed by atoms with Crippen LogP contribution in [0.15, 0.2) is 30.3 Å². The first kappa shape index (κ1) is 22.2. The van der Waals surface area contributed by atoms with E-state index in [1.165, 1.54) is 0 Å². The van der Waals surface area contributed by atoms with Gasteiger partial charge in [-0.2, -0.15) is 4.98 Å². The zero-order valence-electron chi connectivity index (χ0n) is 17.7. The molecule has 1 aromatic heterocycles. The molecular weight excluding hydrogens is 435 g/mol. The third-order valence-electron chi connectivity index (χ3n) is 5.94. The van der Waals surface area contributed by atoms with E-state index in [4.69, 9.17) is 27.9 Å². The summed E-state index contributed by atoms with van der Waals surface area (Å²) in [5, 5.41) is 4.08. The minimum Gasteiger partial charge on any atom is -0.478 e. The number of carbonyl (C=O) groups excluding carboxylic acids is 1. The number of amides is 1. The fourth-order valence-electron chi connectivity index (χ4n) is 4.16.